The maximum absolute atomic E-state index is 11.1. The number of aromatic nitrogens is 3. The van der Waals surface area contributed by atoms with E-state index in [2.05, 4.69) is 15.3 Å². The van der Waals surface area contributed by atoms with Gasteiger partial charge in [0.1, 0.15) is 5.82 Å². The number of nitrogens with one attached hydrogen (secondary N) is 2. The molecule has 0 saturated heterocycles. The quantitative estimate of drug-likeness (QED) is 0.774. The second kappa shape index (κ2) is 4.00. The predicted octanol–water partition coefficient (Wildman–Crippen LogP) is 0.720. The van der Waals surface area contributed by atoms with Gasteiger partial charge >= 0.3 is 0 Å². The van der Waals surface area contributed by atoms with Gasteiger partial charge in [0.25, 0.3) is 0 Å². The third-order valence-corrected chi connectivity index (χ3v) is 2.10. The standard InChI is InChI=1S/C10H12N4O/c1-14-7-8(2-3-10(14)15)13-6-9-11-4-5-12-9/h2-5,7,13H,6H2,1H3,(H,11,12). The summed E-state index contributed by atoms with van der Waals surface area (Å²) in [5.41, 5.74) is 0.882. The predicted molar refractivity (Wildman–Crippen MR) is 57.6 cm³/mol. The molecule has 0 aliphatic carbocycles. The molecule has 0 fully saturated rings. The summed E-state index contributed by atoms with van der Waals surface area (Å²) in [7, 11) is 1.72. The van der Waals surface area contributed by atoms with E-state index in [-0.39, 0.29) is 5.56 Å². The van der Waals surface area contributed by atoms with Crippen LogP contribution < -0.4 is 10.9 Å². The highest BCUT2D eigenvalue weighted by atomic mass is 16.1. The zero-order valence-electron chi connectivity index (χ0n) is 8.40. The molecule has 0 atom stereocenters. The van der Waals surface area contributed by atoms with Gasteiger partial charge in [0.05, 0.1) is 12.2 Å². The number of aromatic amines is 1. The van der Waals surface area contributed by atoms with Gasteiger partial charge in [-0.05, 0) is 6.07 Å². The normalized spacial score (nSPS) is 10.2. The molecule has 5 nitrogen and oxygen atoms in total. The van der Waals surface area contributed by atoms with Crippen molar-refractivity contribution in [1.29, 1.82) is 0 Å². The van der Waals surface area contributed by atoms with Crippen molar-refractivity contribution < 1.29 is 0 Å². The third kappa shape index (κ3) is 2.25. The minimum atomic E-state index is -0.0152. The number of hydrogen-bond donors (Lipinski definition) is 2. The molecule has 0 saturated carbocycles. The first-order chi connectivity index (χ1) is 7.25. The van der Waals surface area contributed by atoms with Gasteiger partial charge in [-0.15, -0.1) is 0 Å². The van der Waals surface area contributed by atoms with Crippen molar-refractivity contribution in [1.82, 2.24) is 14.5 Å². The highest BCUT2D eigenvalue weighted by Gasteiger charge is 1.96. The van der Waals surface area contributed by atoms with Crippen LogP contribution in [0.5, 0.6) is 0 Å². The number of imidazole rings is 1. The minimum absolute atomic E-state index is 0.0152. The molecule has 2 aromatic rings. The van der Waals surface area contributed by atoms with Gasteiger partial charge in [-0.3, -0.25) is 4.79 Å². The van der Waals surface area contributed by atoms with Crippen LogP contribution in [0.15, 0.2) is 35.5 Å². The summed E-state index contributed by atoms with van der Waals surface area (Å²) >= 11 is 0. The monoisotopic (exact) mass is 204 g/mol. The first-order valence-electron chi connectivity index (χ1n) is 4.64. The molecule has 0 bridgehead atoms. The van der Waals surface area contributed by atoms with Gasteiger partial charge in [-0.1, -0.05) is 0 Å². The van der Waals surface area contributed by atoms with Crippen molar-refractivity contribution in [3.05, 3.63) is 46.9 Å². The molecule has 0 aromatic carbocycles. The first kappa shape index (κ1) is 9.51. The van der Waals surface area contributed by atoms with Crippen LogP contribution in [-0.4, -0.2) is 14.5 Å². The Labute approximate surface area is 86.8 Å². The molecule has 15 heavy (non-hydrogen) atoms. The van der Waals surface area contributed by atoms with Gasteiger partial charge in [0.15, 0.2) is 0 Å². The highest BCUT2D eigenvalue weighted by molar-refractivity contribution is 5.40. The third-order valence-electron chi connectivity index (χ3n) is 2.10. The van der Waals surface area contributed by atoms with Crippen LogP contribution >= 0.6 is 0 Å². The molecule has 2 heterocycles. The molecule has 0 aliphatic rings. The van der Waals surface area contributed by atoms with E-state index in [0.29, 0.717) is 6.54 Å². The smallest absolute Gasteiger partial charge is 0.250 e. The summed E-state index contributed by atoms with van der Waals surface area (Å²) in [6, 6.07) is 3.29. The number of anilines is 1. The zero-order valence-corrected chi connectivity index (χ0v) is 8.40. The zero-order chi connectivity index (χ0) is 10.7. The fraction of sp³-hybridized carbons (Fsp3) is 0.200. The van der Waals surface area contributed by atoms with E-state index in [1.54, 1.807) is 31.7 Å². The number of pyridine rings is 1. The lowest BCUT2D eigenvalue weighted by molar-refractivity contribution is 0.857. The Balaban J connectivity index is 2.05. The number of H-pyrrole nitrogens is 1. The number of aryl methyl sites for hydroxylation is 1. The molecule has 2 rings (SSSR count). The van der Waals surface area contributed by atoms with E-state index in [9.17, 15) is 4.79 Å². The van der Waals surface area contributed by atoms with Crippen LogP contribution in [0.1, 0.15) is 5.82 Å². The summed E-state index contributed by atoms with van der Waals surface area (Å²) in [6.45, 7) is 0.616. The Morgan fingerprint density at radius 3 is 3.07 bits per heavy atom. The van der Waals surface area contributed by atoms with E-state index in [1.165, 1.54) is 10.6 Å². The second-order valence-corrected chi connectivity index (χ2v) is 3.26. The summed E-state index contributed by atoms with van der Waals surface area (Å²) < 4.78 is 1.53. The molecule has 2 aromatic heterocycles. The van der Waals surface area contributed by atoms with Crippen LogP contribution in [0.2, 0.25) is 0 Å². The van der Waals surface area contributed by atoms with E-state index >= 15 is 0 Å². The Kier molecular flexibility index (Phi) is 2.53. The van der Waals surface area contributed by atoms with E-state index in [4.69, 9.17) is 0 Å². The van der Waals surface area contributed by atoms with Gasteiger partial charge < -0.3 is 14.9 Å². The summed E-state index contributed by atoms with van der Waals surface area (Å²) in [6.07, 6.45) is 5.24. The largest absolute Gasteiger partial charge is 0.377 e. The molecule has 0 amide bonds. The Morgan fingerprint density at radius 2 is 2.40 bits per heavy atom. The molecule has 0 unspecified atom stereocenters. The van der Waals surface area contributed by atoms with Crippen molar-refractivity contribution in [2.45, 2.75) is 6.54 Å². The average Bonchev–Trinajstić information content (AvgIpc) is 2.73. The van der Waals surface area contributed by atoms with E-state index in [0.717, 1.165) is 11.5 Å². The topological polar surface area (TPSA) is 62.7 Å². The Morgan fingerprint density at radius 1 is 1.53 bits per heavy atom. The SMILES string of the molecule is Cn1cc(NCc2ncc[nH]2)ccc1=O. The maximum Gasteiger partial charge on any atom is 0.250 e. The minimum Gasteiger partial charge on any atom is -0.377 e. The highest BCUT2D eigenvalue weighted by Crippen LogP contribution is 2.03. The molecule has 5 heteroatoms. The lowest BCUT2D eigenvalue weighted by atomic mass is 10.4. The lowest BCUT2D eigenvalue weighted by Crippen LogP contribution is -2.15. The molecule has 0 spiro atoms. The van der Waals surface area contributed by atoms with Crippen molar-refractivity contribution in [3.63, 3.8) is 0 Å². The molecule has 0 radical (unpaired) electrons. The fourth-order valence-electron chi connectivity index (χ4n) is 1.28. The number of hydrogen-bond acceptors (Lipinski definition) is 3. The van der Waals surface area contributed by atoms with Crippen LogP contribution in [0, 0.1) is 0 Å². The Bertz CT molecular complexity index is 486. The lowest BCUT2D eigenvalue weighted by Gasteiger charge is -2.05. The van der Waals surface area contributed by atoms with Gasteiger partial charge in [0.2, 0.25) is 5.56 Å². The number of nitrogens with zero attached hydrogens (tertiary/aromatic N) is 2. The van der Waals surface area contributed by atoms with Crippen LogP contribution in [0.3, 0.4) is 0 Å². The molecular weight excluding hydrogens is 192 g/mol. The van der Waals surface area contributed by atoms with Crippen LogP contribution in [-0.2, 0) is 13.6 Å². The van der Waals surface area contributed by atoms with Crippen molar-refractivity contribution in [2.24, 2.45) is 7.05 Å². The van der Waals surface area contributed by atoms with Gasteiger partial charge in [-0.25, -0.2) is 4.98 Å². The fourth-order valence-corrected chi connectivity index (χ4v) is 1.28. The van der Waals surface area contributed by atoms with Crippen molar-refractivity contribution in [2.75, 3.05) is 5.32 Å². The molecule has 2 N–H and O–H groups in total. The summed E-state index contributed by atoms with van der Waals surface area (Å²) in [5.74, 6) is 0.865. The second-order valence-electron chi connectivity index (χ2n) is 3.26. The molecular formula is C10H12N4O. The summed E-state index contributed by atoms with van der Waals surface area (Å²) in [5, 5.41) is 3.16. The van der Waals surface area contributed by atoms with Gasteiger partial charge in [-0.2, -0.15) is 0 Å². The Hall–Kier alpha value is -2.04. The number of rotatable bonds is 3. The summed E-state index contributed by atoms with van der Waals surface area (Å²) in [4.78, 5) is 18.2. The first-order valence-corrected chi connectivity index (χ1v) is 4.64. The average molecular weight is 204 g/mol. The van der Waals surface area contributed by atoms with Crippen LogP contribution in [0.4, 0.5) is 5.69 Å². The van der Waals surface area contributed by atoms with Crippen LogP contribution in [0.25, 0.3) is 0 Å². The molecule has 0 aliphatic heterocycles. The maximum atomic E-state index is 11.1. The van der Waals surface area contributed by atoms with Gasteiger partial charge in [0, 0.05) is 31.7 Å². The van der Waals surface area contributed by atoms with Crippen molar-refractivity contribution in [3.8, 4) is 0 Å². The van der Waals surface area contributed by atoms with Crippen molar-refractivity contribution >= 4 is 5.69 Å². The van der Waals surface area contributed by atoms with E-state index < -0.39 is 0 Å². The molecule has 78 valence electrons. The van der Waals surface area contributed by atoms with E-state index in [1.807, 2.05) is 0 Å².